The Morgan fingerprint density at radius 1 is 1.28 bits per heavy atom. The Hall–Kier alpha value is -1.59. The summed E-state index contributed by atoms with van der Waals surface area (Å²) in [5.41, 5.74) is 1.87. The van der Waals surface area contributed by atoms with E-state index in [0.29, 0.717) is 13.2 Å². The average molecular weight is 263 g/mol. The molecule has 4 nitrogen and oxygen atoms in total. The molecule has 94 valence electrons. The summed E-state index contributed by atoms with van der Waals surface area (Å²) >= 11 is 1.51. The van der Waals surface area contributed by atoms with Gasteiger partial charge in [0.1, 0.15) is 18.2 Å². The summed E-state index contributed by atoms with van der Waals surface area (Å²) in [5.74, 6) is 1.54. The average Bonchev–Trinajstić information content (AvgIpc) is 2.79. The highest BCUT2D eigenvalue weighted by molar-refractivity contribution is 7.15. The molecule has 0 unspecified atom stereocenters. The van der Waals surface area contributed by atoms with E-state index in [1.54, 1.807) is 0 Å². The highest BCUT2D eigenvalue weighted by atomic mass is 32.1. The first-order chi connectivity index (χ1) is 8.78. The van der Waals surface area contributed by atoms with Crippen molar-refractivity contribution in [2.45, 2.75) is 13.5 Å². The molecule has 0 bridgehead atoms. The van der Waals surface area contributed by atoms with Gasteiger partial charge in [0.15, 0.2) is 11.5 Å². The van der Waals surface area contributed by atoms with Gasteiger partial charge in [-0.2, -0.15) is 0 Å². The second-order valence-electron chi connectivity index (χ2n) is 4.04. The zero-order valence-electron chi connectivity index (χ0n) is 9.97. The highest BCUT2D eigenvalue weighted by Crippen LogP contribution is 2.36. The topological polar surface area (TPSA) is 51.6 Å². The maximum absolute atomic E-state index is 9.20. The molecule has 0 spiro atoms. The number of aryl methyl sites for hydroxylation is 1. The first-order valence-electron chi connectivity index (χ1n) is 5.75. The van der Waals surface area contributed by atoms with E-state index in [9.17, 15) is 5.11 Å². The van der Waals surface area contributed by atoms with Crippen molar-refractivity contribution >= 4 is 11.3 Å². The molecule has 0 radical (unpaired) electrons. The van der Waals surface area contributed by atoms with Crippen LogP contribution < -0.4 is 9.47 Å². The molecule has 2 aromatic rings. The number of fused-ring (bicyclic) bond motifs is 1. The number of aromatic nitrogens is 1. The Balaban J connectivity index is 2.00. The number of aliphatic hydroxyl groups is 1. The maximum Gasteiger partial charge on any atom is 0.162 e. The zero-order chi connectivity index (χ0) is 12.5. The van der Waals surface area contributed by atoms with Crippen LogP contribution in [0, 0.1) is 6.92 Å². The second kappa shape index (κ2) is 4.59. The Morgan fingerprint density at radius 3 is 2.78 bits per heavy atom. The molecule has 0 saturated heterocycles. The van der Waals surface area contributed by atoms with Crippen molar-refractivity contribution in [2.75, 3.05) is 13.2 Å². The van der Waals surface area contributed by atoms with Crippen molar-refractivity contribution in [1.29, 1.82) is 0 Å². The van der Waals surface area contributed by atoms with Gasteiger partial charge in [-0.1, -0.05) is 0 Å². The Bertz CT molecular complexity index is 580. The van der Waals surface area contributed by atoms with Crippen molar-refractivity contribution in [3.05, 3.63) is 28.8 Å². The molecule has 0 atom stereocenters. The minimum Gasteiger partial charge on any atom is -0.486 e. The number of hydrogen-bond acceptors (Lipinski definition) is 5. The minimum absolute atomic E-state index is 0.0358. The predicted octanol–water partition coefficient (Wildman–Crippen LogP) is 2.38. The molecular formula is C13H13NO3S. The summed E-state index contributed by atoms with van der Waals surface area (Å²) in [6.07, 6.45) is 0. The molecule has 0 amide bonds. The summed E-state index contributed by atoms with van der Waals surface area (Å²) in [4.78, 5) is 5.37. The number of benzene rings is 1. The molecule has 0 aliphatic carbocycles. The lowest BCUT2D eigenvalue weighted by Crippen LogP contribution is -2.15. The van der Waals surface area contributed by atoms with Gasteiger partial charge in [0.2, 0.25) is 0 Å². The van der Waals surface area contributed by atoms with Crippen LogP contribution in [0.3, 0.4) is 0 Å². The predicted molar refractivity (Wildman–Crippen MR) is 69.2 cm³/mol. The van der Waals surface area contributed by atoms with Gasteiger partial charge in [0, 0.05) is 5.56 Å². The van der Waals surface area contributed by atoms with Gasteiger partial charge in [-0.3, -0.25) is 0 Å². The third-order valence-electron chi connectivity index (χ3n) is 2.83. The lowest BCUT2D eigenvalue weighted by Gasteiger charge is -2.18. The fraction of sp³-hybridized carbons (Fsp3) is 0.308. The first kappa shape index (κ1) is 11.5. The molecular weight excluding hydrogens is 250 g/mol. The van der Waals surface area contributed by atoms with Crippen LogP contribution in [-0.2, 0) is 6.61 Å². The van der Waals surface area contributed by atoms with E-state index in [0.717, 1.165) is 32.6 Å². The summed E-state index contributed by atoms with van der Waals surface area (Å²) in [7, 11) is 0. The van der Waals surface area contributed by atoms with Crippen LogP contribution in [0.15, 0.2) is 18.2 Å². The van der Waals surface area contributed by atoms with E-state index in [-0.39, 0.29) is 6.61 Å². The van der Waals surface area contributed by atoms with Crippen LogP contribution in [0.2, 0.25) is 0 Å². The van der Waals surface area contributed by atoms with Crippen molar-refractivity contribution in [3.8, 4) is 22.1 Å². The van der Waals surface area contributed by atoms with Crippen molar-refractivity contribution < 1.29 is 14.6 Å². The molecule has 1 aromatic carbocycles. The van der Waals surface area contributed by atoms with Gasteiger partial charge in [0.05, 0.1) is 17.2 Å². The fourth-order valence-electron chi connectivity index (χ4n) is 1.87. The number of aliphatic hydroxyl groups excluding tert-OH is 1. The van der Waals surface area contributed by atoms with Crippen LogP contribution in [0.1, 0.15) is 10.6 Å². The Morgan fingerprint density at radius 2 is 2.06 bits per heavy atom. The van der Waals surface area contributed by atoms with E-state index in [2.05, 4.69) is 4.98 Å². The van der Waals surface area contributed by atoms with Crippen molar-refractivity contribution in [3.63, 3.8) is 0 Å². The molecule has 0 saturated carbocycles. The van der Waals surface area contributed by atoms with Crippen molar-refractivity contribution in [1.82, 2.24) is 4.98 Å². The smallest absolute Gasteiger partial charge is 0.162 e. The minimum atomic E-state index is 0.0358. The molecule has 1 aliphatic heterocycles. The number of ether oxygens (including phenoxy) is 2. The van der Waals surface area contributed by atoms with E-state index in [4.69, 9.17) is 9.47 Å². The van der Waals surface area contributed by atoms with E-state index < -0.39 is 0 Å². The third kappa shape index (κ3) is 1.95. The number of nitrogens with zero attached hydrogens (tertiary/aromatic N) is 1. The third-order valence-corrected chi connectivity index (χ3v) is 4.02. The van der Waals surface area contributed by atoms with E-state index in [1.165, 1.54) is 11.3 Å². The van der Waals surface area contributed by atoms with Crippen LogP contribution >= 0.6 is 11.3 Å². The number of rotatable bonds is 2. The summed E-state index contributed by atoms with van der Waals surface area (Å²) < 4.78 is 11.0. The summed E-state index contributed by atoms with van der Waals surface area (Å²) in [5, 5.41) is 10.1. The Labute approximate surface area is 109 Å². The van der Waals surface area contributed by atoms with Gasteiger partial charge in [-0.15, -0.1) is 11.3 Å². The Kier molecular flexibility index (Phi) is 2.93. The lowest BCUT2D eigenvalue weighted by molar-refractivity contribution is 0.171. The van der Waals surface area contributed by atoms with Gasteiger partial charge < -0.3 is 14.6 Å². The normalized spacial score (nSPS) is 13.7. The first-order valence-corrected chi connectivity index (χ1v) is 6.57. The molecule has 2 heterocycles. The van der Waals surface area contributed by atoms with Gasteiger partial charge in [0.25, 0.3) is 0 Å². The zero-order valence-corrected chi connectivity index (χ0v) is 10.8. The van der Waals surface area contributed by atoms with Gasteiger partial charge in [-0.05, 0) is 25.1 Å². The lowest BCUT2D eigenvalue weighted by atomic mass is 10.2. The van der Waals surface area contributed by atoms with Gasteiger partial charge in [-0.25, -0.2) is 4.98 Å². The van der Waals surface area contributed by atoms with E-state index in [1.807, 2.05) is 25.1 Å². The molecule has 18 heavy (non-hydrogen) atoms. The molecule has 3 rings (SSSR count). The van der Waals surface area contributed by atoms with Crippen LogP contribution in [0.5, 0.6) is 11.5 Å². The largest absolute Gasteiger partial charge is 0.486 e. The second-order valence-corrected chi connectivity index (χ2v) is 5.13. The molecule has 0 fully saturated rings. The fourth-order valence-corrected chi connectivity index (χ4v) is 2.79. The van der Waals surface area contributed by atoms with Crippen LogP contribution in [-0.4, -0.2) is 23.3 Å². The number of hydrogen-bond donors (Lipinski definition) is 1. The van der Waals surface area contributed by atoms with E-state index >= 15 is 0 Å². The summed E-state index contributed by atoms with van der Waals surface area (Å²) in [6, 6.07) is 5.81. The SMILES string of the molecule is Cc1nc(-c2ccc3c(c2)OCCO3)sc1CO. The van der Waals surface area contributed by atoms with Crippen LogP contribution in [0.25, 0.3) is 10.6 Å². The van der Waals surface area contributed by atoms with Gasteiger partial charge >= 0.3 is 0 Å². The molecule has 1 aromatic heterocycles. The molecule has 1 aliphatic rings. The monoisotopic (exact) mass is 263 g/mol. The maximum atomic E-state index is 9.20. The quantitative estimate of drug-likeness (QED) is 0.903. The highest BCUT2D eigenvalue weighted by Gasteiger charge is 2.14. The summed E-state index contributed by atoms with van der Waals surface area (Å²) in [6.45, 7) is 3.12. The van der Waals surface area contributed by atoms with Crippen LogP contribution in [0.4, 0.5) is 0 Å². The molecule has 1 N–H and O–H groups in total. The molecule has 5 heteroatoms. The van der Waals surface area contributed by atoms with Crippen molar-refractivity contribution in [2.24, 2.45) is 0 Å². The number of thiazole rings is 1. The standard InChI is InChI=1S/C13H13NO3S/c1-8-12(7-15)18-13(14-8)9-2-3-10-11(6-9)17-5-4-16-10/h2-3,6,15H,4-5,7H2,1H3.